The molecule has 2 aromatic rings. The second-order valence-electron chi connectivity index (χ2n) is 6.84. The average Bonchev–Trinajstić information content (AvgIpc) is 2.67. The first-order chi connectivity index (χ1) is 12.3. The normalized spacial score (nSPS) is 16.2. The van der Waals surface area contributed by atoms with Crippen molar-refractivity contribution < 1.29 is 9.47 Å². The summed E-state index contributed by atoms with van der Waals surface area (Å²) in [6.45, 7) is 4.54. The first kappa shape index (κ1) is 18.1. The maximum Gasteiger partial charge on any atom is 0.146 e. The number of hydrogen-bond donors (Lipinski definition) is 0. The molecule has 1 heterocycles. The summed E-state index contributed by atoms with van der Waals surface area (Å²) >= 11 is 0. The lowest BCUT2D eigenvalue weighted by atomic mass is 9.88. The van der Waals surface area contributed by atoms with E-state index in [0.29, 0.717) is 19.3 Å². The molecule has 1 aliphatic rings. The second-order valence-corrected chi connectivity index (χ2v) is 6.84. The van der Waals surface area contributed by atoms with Crippen LogP contribution in [0.4, 0.5) is 0 Å². The maximum absolute atomic E-state index is 5.37. The Balaban J connectivity index is 1.44. The summed E-state index contributed by atoms with van der Waals surface area (Å²) in [6.07, 6.45) is 3.45. The van der Waals surface area contributed by atoms with Gasteiger partial charge in [-0.15, -0.1) is 0 Å². The van der Waals surface area contributed by atoms with Crippen molar-refractivity contribution in [3.05, 3.63) is 71.3 Å². The number of ether oxygens (including phenoxy) is 2. The molecule has 3 nitrogen and oxygen atoms in total. The molecule has 2 aromatic carbocycles. The van der Waals surface area contributed by atoms with Crippen LogP contribution < -0.4 is 0 Å². The Morgan fingerprint density at radius 1 is 0.920 bits per heavy atom. The van der Waals surface area contributed by atoms with Crippen molar-refractivity contribution in [3.8, 4) is 0 Å². The molecule has 3 heteroatoms. The monoisotopic (exact) mass is 339 g/mol. The van der Waals surface area contributed by atoms with Crippen molar-refractivity contribution in [1.29, 1.82) is 0 Å². The Morgan fingerprint density at radius 2 is 1.64 bits per heavy atom. The van der Waals surface area contributed by atoms with Gasteiger partial charge in [0.15, 0.2) is 0 Å². The van der Waals surface area contributed by atoms with E-state index in [0.717, 1.165) is 13.0 Å². The van der Waals surface area contributed by atoms with E-state index in [1.54, 1.807) is 7.11 Å². The molecule has 1 saturated heterocycles. The molecule has 1 aliphatic heterocycles. The first-order valence-electron chi connectivity index (χ1n) is 9.27. The number of hydrogen-bond acceptors (Lipinski definition) is 3. The lowest BCUT2D eigenvalue weighted by Crippen LogP contribution is -2.32. The van der Waals surface area contributed by atoms with Crippen LogP contribution in [-0.2, 0) is 22.4 Å². The van der Waals surface area contributed by atoms with Gasteiger partial charge >= 0.3 is 0 Å². The minimum atomic E-state index is 0.375. The van der Waals surface area contributed by atoms with E-state index in [4.69, 9.17) is 9.47 Å². The smallest absolute Gasteiger partial charge is 0.146 e. The molecule has 1 fully saturated rings. The third-order valence-electron chi connectivity index (χ3n) is 5.02. The first-order valence-corrected chi connectivity index (χ1v) is 9.27. The zero-order valence-electron chi connectivity index (χ0n) is 15.2. The molecule has 0 unspecified atom stereocenters. The minimum absolute atomic E-state index is 0.375. The molecule has 3 rings (SSSR count). The molecule has 134 valence electrons. The van der Waals surface area contributed by atoms with Crippen LogP contribution in [0.5, 0.6) is 0 Å². The lowest BCUT2D eigenvalue weighted by molar-refractivity contribution is -0.0291. The van der Waals surface area contributed by atoms with Crippen LogP contribution in [0.15, 0.2) is 54.6 Å². The topological polar surface area (TPSA) is 21.7 Å². The van der Waals surface area contributed by atoms with Crippen LogP contribution in [0, 0.1) is 0 Å². The van der Waals surface area contributed by atoms with Crippen LogP contribution in [0.25, 0.3) is 0 Å². The summed E-state index contributed by atoms with van der Waals surface area (Å²) in [5.41, 5.74) is 4.24. The van der Waals surface area contributed by atoms with Gasteiger partial charge in [-0.3, -0.25) is 4.90 Å². The van der Waals surface area contributed by atoms with Crippen molar-refractivity contribution in [3.63, 3.8) is 0 Å². The molecular formula is C22H29NO2. The quantitative estimate of drug-likeness (QED) is 0.531. The average molecular weight is 339 g/mol. The van der Waals surface area contributed by atoms with E-state index in [1.165, 1.54) is 42.6 Å². The van der Waals surface area contributed by atoms with Gasteiger partial charge in [0.2, 0.25) is 0 Å². The van der Waals surface area contributed by atoms with Gasteiger partial charge in [0.05, 0.1) is 6.61 Å². The van der Waals surface area contributed by atoms with Gasteiger partial charge in [-0.05, 0) is 55.0 Å². The van der Waals surface area contributed by atoms with E-state index in [2.05, 4.69) is 59.5 Å². The molecule has 0 bridgehead atoms. The van der Waals surface area contributed by atoms with Gasteiger partial charge in [0, 0.05) is 13.7 Å². The SMILES string of the molecule is COCOCCc1ccc(C2CCN(Cc3ccccc3)CC2)cc1. The summed E-state index contributed by atoms with van der Waals surface area (Å²) in [7, 11) is 1.65. The van der Waals surface area contributed by atoms with Crippen molar-refractivity contribution in [2.24, 2.45) is 0 Å². The van der Waals surface area contributed by atoms with E-state index >= 15 is 0 Å². The predicted molar refractivity (Wildman–Crippen MR) is 102 cm³/mol. The van der Waals surface area contributed by atoms with Gasteiger partial charge in [-0.25, -0.2) is 0 Å². The molecular weight excluding hydrogens is 310 g/mol. The summed E-state index contributed by atoms with van der Waals surface area (Å²) in [5, 5.41) is 0. The summed E-state index contributed by atoms with van der Waals surface area (Å²) < 4.78 is 10.3. The summed E-state index contributed by atoms with van der Waals surface area (Å²) in [4.78, 5) is 2.58. The van der Waals surface area contributed by atoms with Crippen LogP contribution in [0.2, 0.25) is 0 Å². The number of likely N-dealkylation sites (tertiary alicyclic amines) is 1. The molecule has 0 aromatic heterocycles. The fraction of sp³-hybridized carbons (Fsp3) is 0.455. The van der Waals surface area contributed by atoms with E-state index in [-0.39, 0.29) is 0 Å². The molecule has 0 saturated carbocycles. The maximum atomic E-state index is 5.37. The van der Waals surface area contributed by atoms with Crippen molar-refractivity contribution in [1.82, 2.24) is 4.90 Å². The van der Waals surface area contributed by atoms with Gasteiger partial charge in [0.1, 0.15) is 6.79 Å². The highest BCUT2D eigenvalue weighted by Gasteiger charge is 2.20. The van der Waals surface area contributed by atoms with Crippen molar-refractivity contribution >= 4 is 0 Å². The Bertz CT molecular complexity index is 604. The van der Waals surface area contributed by atoms with Gasteiger partial charge in [-0.2, -0.15) is 0 Å². The zero-order chi connectivity index (χ0) is 17.3. The van der Waals surface area contributed by atoms with Crippen molar-refractivity contribution in [2.45, 2.75) is 31.7 Å². The molecule has 0 aliphatic carbocycles. The number of methoxy groups -OCH3 is 1. The Labute approximate surface area is 151 Å². The third-order valence-corrected chi connectivity index (χ3v) is 5.02. The van der Waals surface area contributed by atoms with Gasteiger partial charge in [0.25, 0.3) is 0 Å². The highest BCUT2D eigenvalue weighted by Crippen LogP contribution is 2.28. The van der Waals surface area contributed by atoms with Crippen LogP contribution in [0.3, 0.4) is 0 Å². The summed E-state index contributed by atoms with van der Waals surface area (Å²) in [6, 6.07) is 19.9. The molecule has 0 amide bonds. The number of benzene rings is 2. The number of rotatable bonds is 8. The molecule has 0 radical (unpaired) electrons. The predicted octanol–water partition coefficient (Wildman–Crippen LogP) is 4.23. The minimum Gasteiger partial charge on any atom is -0.359 e. The molecule has 0 spiro atoms. The molecule has 25 heavy (non-hydrogen) atoms. The highest BCUT2D eigenvalue weighted by atomic mass is 16.7. The fourth-order valence-electron chi connectivity index (χ4n) is 3.55. The van der Waals surface area contributed by atoms with Crippen LogP contribution >= 0.6 is 0 Å². The van der Waals surface area contributed by atoms with Crippen molar-refractivity contribution in [2.75, 3.05) is 33.6 Å². The zero-order valence-corrected chi connectivity index (χ0v) is 15.2. The Kier molecular flexibility index (Phi) is 7.04. The van der Waals surface area contributed by atoms with E-state index in [9.17, 15) is 0 Å². The Hall–Kier alpha value is -1.68. The number of nitrogens with zero attached hydrogens (tertiary/aromatic N) is 1. The van der Waals surface area contributed by atoms with E-state index in [1.807, 2.05) is 0 Å². The standard InChI is InChI=1S/C22H29NO2/c1-24-18-25-16-13-19-7-9-21(10-8-19)22-11-14-23(15-12-22)17-20-5-3-2-4-6-20/h2-10,22H,11-18H2,1H3. The van der Waals surface area contributed by atoms with Gasteiger partial charge < -0.3 is 9.47 Å². The summed E-state index contributed by atoms with van der Waals surface area (Å²) in [5.74, 6) is 0.700. The fourth-order valence-corrected chi connectivity index (χ4v) is 3.55. The lowest BCUT2D eigenvalue weighted by Gasteiger charge is -2.32. The number of piperidine rings is 1. The molecule has 0 N–H and O–H groups in total. The molecule has 0 atom stereocenters. The van der Waals surface area contributed by atoms with Crippen LogP contribution in [-0.4, -0.2) is 38.5 Å². The third kappa shape index (κ3) is 5.67. The van der Waals surface area contributed by atoms with Crippen LogP contribution in [0.1, 0.15) is 35.4 Å². The Morgan fingerprint density at radius 3 is 2.32 bits per heavy atom. The largest absolute Gasteiger partial charge is 0.359 e. The van der Waals surface area contributed by atoms with Gasteiger partial charge in [-0.1, -0.05) is 54.6 Å². The highest BCUT2D eigenvalue weighted by molar-refractivity contribution is 5.26. The van der Waals surface area contributed by atoms with E-state index < -0.39 is 0 Å². The second kappa shape index (κ2) is 9.71.